The van der Waals surface area contributed by atoms with Crippen LogP contribution in [0.15, 0.2) is 379 Å². The first kappa shape index (κ1) is 79.1. The lowest BCUT2D eigenvalue weighted by atomic mass is 9.68. The van der Waals surface area contributed by atoms with Gasteiger partial charge in [0.05, 0.1) is 10.8 Å². The molecule has 0 saturated carbocycles. The number of hydrogen-bond acceptors (Lipinski definition) is 3. The molecule has 0 saturated heterocycles. The van der Waals surface area contributed by atoms with Gasteiger partial charge in [0.25, 0.3) is 0 Å². The largest absolute Gasteiger partial charge is 0.456 e. The summed E-state index contributed by atoms with van der Waals surface area (Å²) in [7, 11) is 0. The molecule has 0 amide bonds. The number of hydrogen-bond donors (Lipinski definition) is 0. The lowest BCUT2D eigenvalue weighted by Gasteiger charge is -2.33. The van der Waals surface area contributed by atoms with Gasteiger partial charge in [-0.25, -0.2) is 0 Å². The van der Waals surface area contributed by atoms with E-state index in [1.807, 2.05) is 0 Å². The molecule has 7 aliphatic rings. The van der Waals surface area contributed by atoms with Crippen molar-refractivity contribution in [1.82, 2.24) is 0 Å². The van der Waals surface area contributed by atoms with Crippen LogP contribution < -0.4 is 4.90 Å². The molecule has 2 spiro atoms. The zero-order chi connectivity index (χ0) is 89.2. The van der Waals surface area contributed by atoms with Gasteiger partial charge in [-0.1, -0.05) is 385 Å². The normalized spacial score (nSPS) is 15.0. The van der Waals surface area contributed by atoms with Crippen molar-refractivity contribution in [2.75, 3.05) is 4.90 Å². The van der Waals surface area contributed by atoms with E-state index in [1.165, 1.54) is 260 Å². The fourth-order valence-electron chi connectivity index (χ4n) is 26.8. The fraction of sp³-hybridized carbons (Fsp3) is 0.176. The number of anilines is 3. The lowest BCUT2D eigenvalue weighted by Crippen LogP contribution is -2.27. The third-order valence-electron chi connectivity index (χ3n) is 33.0. The highest BCUT2D eigenvalue weighted by Crippen LogP contribution is 2.71. The summed E-state index contributed by atoms with van der Waals surface area (Å²) in [5, 5.41) is 4.59. The quantitative estimate of drug-likeness (QED) is 0.0756. The molecule has 0 radical (unpaired) electrons. The topological polar surface area (TPSA) is 29.5 Å². The Morgan fingerprint density at radius 2 is 0.590 bits per heavy atom. The molecule has 0 atom stereocenters. The number of nitrogens with zero attached hydrogens (tertiary/aromatic N) is 1. The number of benzene rings is 18. The van der Waals surface area contributed by atoms with Crippen molar-refractivity contribution in [3.05, 3.63) is 448 Å². The molecule has 20 aromatic rings. The minimum atomic E-state index is -0.718. The first-order chi connectivity index (χ1) is 65.9. The molecule has 644 valence electrons. The van der Waals surface area contributed by atoms with Gasteiger partial charge in [0.1, 0.15) is 22.3 Å². The molecule has 7 aliphatic carbocycles. The second-order valence-corrected chi connectivity index (χ2v) is 40.5. The van der Waals surface area contributed by atoms with Crippen LogP contribution in [0.25, 0.3) is 166 Å². The van der Waals surface area contributed by atoms with Crippen LogP contribution in [0.5, 0.6) is 0 Å². The second-order valence-electron chi connectivity index (χ2n) is 40.5. The van der Waals surface area contributed by atoms with Crippen molar-refractivity contribution in [3.63, 3.8) is 0 Å². The first-order valence-corrected chi connectivity index (χ1v) is 49.3. The number of unbranched alkanes of at least 4 members (excludes halogenated alkanes) is 8. The van der Waals surface area contributed by atoms with Gasteiger partial charge < -0.3 is 13.7 Å². The van der Waals surface area contributed by atoms with Gasteiger partial charge >= 0.3 is 0 Å². The van der Waals surface area contributed by atoms with Crippen LogP contribution in [-0.2, 0) is 27.1 Å². The maximum absolute atomic E-state index is 7.26. The van der Waals surface area contributed by atoms with E-state index < -0.39 is 16.2 Å². The Morgan fingerprint density at radius 1 is 0.216 bits per heavy atom. The molecule has 0 bridgehead atoms. The summed E-state index contributed by atoms with van der Waals surface area (Å²) in [5.41, 5.74) is 51.6. The highest BCUT2D eigenvalue weighted by atomic mass is 16.3. The standard InChI is InChI=1S/C131H103NO2/c1-7-9-11-13-32-70-129(71-33-14-12-10-8-2)105-43-25-18-36-90(105)97-65-58-86(74-114(97)129)85-57-64-96-95-63-56-84(72-111(95)127(3,4)112(96)73-85)82-50-52-83(53-51-82)102-77-118-122(125-101-42-24-31-49-120(101)134-126(102)125)99-67-62-88(75-113(99)128(118,5)6)132(87-59-54-81(55-60-87)80-34-16-15-17-35-80)89-61-66-98-103-78-117-104(79-116(103)131(115(98)76-89)108-46-28-21-39-93(108)94-40-22-29-47-109(94)131)123-110(68-69-121-124(123)100-41-23-30-48-119(100)133-121)130(117)106-44-26-19-37-91(106)92-38-20-27-45-107(92)130/h15-31,34-69,72-79H,7-14,32-33,70-71H2,1-6H3. The molecule has 134 heavy (non-hydrogen) atoms. The molecule has 0 unspecified atom stereocenters. The summed E-state index contributed by atoms with van der Waals surface area (Å²) in [6.45, 7) is 14.5. The molecule has 2 aromatic heterocycles. The number of fused-ring (bicyclic) bond motifs is 37. The SMILES string of the molecule is CCCCCCCC1(CCCCCCC)c2ccccc2-c2ccc(-c3ccc4c(c3)C(C)(C)c3cc(-c5ccc(-c6cc7c(c8c6oc6ccccc68)-c6ccc(N(c8ccc(-c9ccccc9)cc8)c8ccc9c(c8)C8(c%10ccccc%10-c%10ccccc%108)c8cc%10c(cc8-9)C8(c9ccccc9-c9ccccc98)c8ccc9oc%11ccccc%11c9c8-%10)cc6C7(C)C)cc5)ccc3-4)cc21. The van der Waals surface area contributed by atoms with E-state index in [1.54, 1.807) is 11.1 Å². The molecule has 0 aliphatic heterocycles. The van der Waals surface area contributed by atoms with Crippen LogP contribution in [0.1, 0.15) is 196 Å². The van der Waals surface area contributed by atoms with E-state index >= 15 is 0 Å². The van der Waals surface area contributed by atoms with Crippen molar-refractivity contribution in [1.29, 1.82) is 0 Å². The van der Waals surface area contributed by atoms with E-state index in [2.05, 4.69) is 416 Å². The van der Waals surface area contributed by atoms with Crippen molar-refractivity contribution < 1.29 is 8.83 Å². The Morgan fingerprint density at radius 3 is 1.19 bits per heavy atom. The van der Waals surface area contributed by atoms with Gasteiger partial charge in [-0.05, 0) is 299 Å². The maximum Gasteiger partial charge on any atom is 0.143 e. The minimum absolute atomic E-state index is 0.0307. The Kier molecular flexibility index (Phi) is 17.5. The van der Waals surface area contributed by atoms with Crippen LogP contribution in [0.4, 0.5) is 17.1 Å². The van der Waals surface area contributed by atoms with E-state index in [0.717, 1.165) is 66.7 Å². The summed E-state index contributed by atoms with van der Waals surface area (Å²) >= 11 is 0. The Balaban J connectivity index is 0.567. The molecule has 3 nitrogen and oxygen atoms in total. The lowest BCUT2D eigenvalue weighted by molar-refractivity contribution is 0.399. The third kappa shape index (κ3) is 11.0. The minimum Gasteiger partial charge on any atom is -0.456 e. The van der Waals surface area contributed by atoms with Crippen LogP contribution >= 0.6 is 0 Å². The number of rotatable bonds is 19. The second kappa shape index (κ2) is 29.7. The highest BCUT2D eigenvalue weighted by molar-refractivity contribution is 6.20. The number of para-hydroxylation sites is 2. The predicted molar refractivity (Wildman–Crippen MR) is 558 cm³/mol. The molecule has 2 heterocycles. The molecule has 3 heteroatoms. The van der Waals surface area contributed by atoms with Crippen molar-refractivity contribution in [2.45, 2.75) is 146 Å². The average Bonchev–Trinajstić information content (AvgIpc) is 1.48. The van der Waals surface area contributed by atoms with E-state index in [0.29, 0.717) is 0 Å². The first-order valence-electron chi connectivity index (χ1n) is 49.3. The van der Waals surface area contributed by atoms with Crippen LogP contribution in [-0.4, -0.2) is 0 Å². The third-order valence-corrected chi connectivity index (χ3v) is 33.0. The summed E-state index contributed by atoms with van der Waals surface area (Å²) in [6.07, 6.45) is 15.4. The van der Waals surface area contributed by atoms with Crippen molar-refractivity contribution >= 4 is 60.9 Å². The molecule has 27 rings (SSSR count). The van der Waals surface area contributed by atoms with Crippen LogP contribution in [0.3, 0.4) is 0 Å². The van der Waals surface area contributed by atoms with Crippen molar-refractivity contribution in [2.24, 2.45) is 0 Å². The molecule has 0 N–H and O–H groups in total. The smallest absolute Gasteiger partial charge is 0.143 e. The zero-order valence-corrected chi connectivity index (χ0v) is 77.0. The summed E-state index contributed by atoms with van der Waals surface area (Å²) in [5.74, 6) is 0. The van der Waals surface area contributed by atoms with Crippen molar-refractivity contribution in [3.8, 4) is 122 Å². The van der Waals surface area contributed by atoms with Gasteiger partial charge in [0, 0.05) is 60.4 Å². The van der Waals surface area contributed by atoms with Gasteiger partial charge in [0.15, 0.2) is 0 Å². The Bertz CT molecular complexity index is 8240. The van der Waals surface area contributed by atoms with Crippen LogP contribution in [0.2, 0.25) is 0 Å². The van der Waals surface area contributed by atoms with Crippen LogP contribution in [0, 0.1) is 0 Å². The van der Waals surface area contributed by atoms with Gasteiger partial charge in [-0.2, -0.15) is 0 Å². The summed E-state index contributed by atoms with van der Waals surface area (Å²) < 4.78 is 14.2. The average molecular weight is 1720 g/mol. The molecule has 0 fully saturated rings. The Hall–Kier alpha value is -14.6. The zero-order valence-electron chi connectivity index (χ0n) is 77.0. The molecular formula is C131H103NO2. The van der Waals surface area contributed by atoms with E-state index in [-0.39, 0.29) is 10.8 Å². The Labute approximate surface area is 785 Å². The van der Waals surface area contributed by atoms with Gasteiger partial charge in [0.2, 0.25) is 0 Å². The van der Waals surface area contributed by atoms with Gasteiger partial charge in [-0.15, -0.1) is 0 Å². The maximum atomic E-state index is 7.26. The summed E-state index contributed by atoms with van der Waals surface area (Å²) in [6, 6.07) is 143. The summed E-state index contributed by atoms with van der Waals surface area (Å²) in [4.78, 5) is 2.55. The molecular weight excluding hydrogens is 1620 g/mol. The van der Waals surface area contributed by atoms with Gasteiger partial charge in [-0.3, -0.25) is 0 Å². The monoisotopic (exact) mass is 1720 g/mol. The predicted octanol–water partition coefficient (Wildman–Crippen LogP) is 35.9. The molecule has 18 aromatic carbocycles. The highest BCUT2D eigenvalue weighted by Gasteiger charge is 2.58. The van der Waals surface area contributed by atoms with E-state index in [4.69, 9.17) is 8.83 Å². The fourth-order valence-corrected chi connectivity index (χ4v) is 26.8. The van der Waals surface area contributed by atoms with E-state index in [9.17, 15) is 0 Å². The number of furan rings is 2.